The van der Waals surface area contributed by atoms with E-state index in [9.17, 15) is 0 Å². The average Bonchev–Trinajstić information content (AvgIpc) is 1.72. The third-order valence-corrected chi connectivity index (χ3v) is 0.791. The Morgan fingerprint density at radius 3 is 1.67 bits per heavy atom. The molecule has 0 aliphatic rings. The van der Waals surface area contributed by atoms with Crippen molar-refractivity contribution in [1.82, 2.24) is 0 Å². The molecule has 0 aliphatic carbocycles. The van der Waals surface area contributed by atoms with Crippen LogP contribution in [0, 0.1) is 0 Å². The summed E-state index contributed by atoms with van der Waals surface area (Å²) >= 11 is -1.18. The number of rotatable bonds is 1. The van der Waals surface area contributed by atoms with E-state index in [-0.39, 0.29) is 24.7 Å². The Bertz CT molecular complexity index is 40.1. The zero-order chi connectivity index (χ0) is 5.41. The van der Waals surface area contributed by atoms with Crippen LogP contribution in [0.25, 0.3) is 0 Å². The van der Waals surface area contributed by atoms with Crippen LogP contribution in [0.15, 0.2) is 0 Å². The van der Waals surface area contributed by atoms with Crippen molar-refractivity contribution in [2.75, 3.05) is 0 Å². The monoisotopic (exact) mass is 417 g/mol. The molecule has 0 atom stereocenters. The fourth-order valence-corrected chi connectivity index (χ4v) is 0. The van der Waals surface area contributed by atoms with Gasteiger partial charge in [-0.25, -0.2) is 0 Å². The van der Waals surface area contributed by atoms with E-state index in [2.05, 4.69) is 0 Å². The van der Waals surface area contributed by atoms with Gasteiger partial charge in [0.1, 0.15) is 0 Å². The van der Waals surface area contributed by atoms with Crippen LogP contribution < -0.4 is 0 Å². The van der Waals surface area contributed by atoms with Crippen LogP contribution in [0.5, 0.6) is 0 Å². The molecule has 3 nitrogen and oxygen atoms in total. The third-order valence-electron chi connectivity index (χ3n) is 0.0393. The minimum absolute atomic E-state index is 0.0556. The molecule has 0 N–H and O–H groups in total. The van der Waals surface area contributed by atoms with Gasteiger partial charge in [-0.1, -0.05) is 0 Å². The minimum atomic E-state index is -1.24. The summed E-state index contributed by atoms with van der Waals surface area (Å²) in [5, 5.41) is 0. The number of hydrogen-bond donors (Lipinski definition) is 0. The predicted molar refractivity (Wildman–Crippen MR) is 22.1 cm³/mol. The molecule has 6 heavy (non-hydrogen) atoms. The molecule has 0 aromatic carbocycles. The van der Waals surface area contributed by atoms with Crippen LogP contribution >= 0.6 is 0 Å². The fourth-order valence-electron chi connectivity index (χ4n) is 0. The molecule has 0 saturated carbocycles. The van der Waals surface area contributed by atoms with Crippen molar-refractivity contribution < 1.29 is 10.4 Å². The van der Waals surface area contributed by atoms with Crippen molar-refractivity contribution in [3.8, 4) is 0 Å². The Labute approximate surface area is 61.6 Å². The summed E-state index contributed by atoms with van der Waals surface area (Å²) in [7, 11) is 0. The SMILES string of the molecule is O=[SiH][Te+]=O.[O]=[BiH]. The summed E-state index contributed by atoms with van der Waals surface area (Å²) in [6.07, 6.45) is 0. The van der Waals surface area contributed by atoms with E-state index in [4.69, 9.17) is 10.4 Å². The first-order chi connectivity index (χ1) is 2.91. The van der Waals surface area contributed by atoms with Gasteiger partial charge in [0.25, 0.3) is 0 Å². The first kappa shape index (κ1) is 10.3. The van der Waals surface area contributed by atoms with Crippen molar-refractivity contribution in [2.24, 2.45) is 0 Å². The van der Waals surface area contributed by atoms with Crippen LogP contribution in [0.4, 0.5) is 0 Å². The Morgan fingerprint density at radius 1 is 1.50 bits per heavy atom. The van der Waals surface area contributed by atoms with Gasteiger partial charge >= 0.3 is 62.2 Å². The third kappa shape index (κ3) is 18.6. The first-order valence-electron chi connectivity index (χ1n) is 0.842. The molecule has 0 spiro atoms. The molecule has 0 radical (unpaired) electrons. The molecule has 0 bridgehead atoms. The molecule has 0 aromatic heterocycles. The van der Waals surface area contributed by atoms with Gasteiger partial charge in [-0.3, -0.25) is 0 Å². The molecule has 0 aliphatic heterocycles. The second-order valence-electron chi connectivity index (χ2n) is 0.192. The summed E-state index contributed by atoms with van der Waals surface area (Å²) in [5.74, 6) is 0. The van der Waals surface area contributed by atoms with Crippen LogP contribution in [-0.4, -0.2) is 51.8 Å². The molecular weight excluding hydrogens is 413 g/mol. The van der Waals surface area contributed by atoms with Crippen molar-refractivity contribution in [3.63, 3.8) is 0 Å². The van der Waals surface area contributed by atoms with Gasteiger partial charge in [-0.15, -0.1) is 0 Å². The fraction of sp³-hybridized carbons (Fsp3) is 0. The topological polar surface area (TPSA) is 51.2 Å². The van der Waals surface area contributed by atoms with E-state index in [0.29, 0.717) is 0 Å². The average molecular weight is 415 g/mol. The quantitative estimate of drug-likeness (QED) is 0.465. The van der Waals surface area contributed by atoms with Crippen LogP contribution in [0.2, 0.25) is 0 Å². The summed E-state index contributed by atoms with van der Waals surface area (Å²) in [6.45, 7) is -0.893. The van der Waals surface area contributed by atoms with Crippen molar-refractivity contribution >= 4 is 51.8 Å². The van der Waals surface area contributed by atoms with Gasteiger partial charge in [0.2, 0.25) is 0 Å². The van der Waals surface area contributed by atoms with Gasteiger partial charge < -0.3 is 0 Å². The van der Waals surface area contributed by atoms with Crippen molar-refractivity contribution in [1.29, 1.82) is 0 Å². The molecule has 0 aromatic rings. The second kappa shape index (κ2) is 16.3. The summed E-state index contributed by atoms with van der Waals surface area (Å²) in [6, 6.07) is 0. The normalized spacial score (nSPS) is 4.00. The maximum atomic E-state index is 9.15. The van der Waals surface area contributed by atoms with Crippen LogP contribution in [0.3, 0.4) is 0 Å². The predicted octanol–water partition coefficient (Wildman–Crippen LogP) is -2.03. The molecule has 6 heteroatoms. The zero-order valence-electron chi connectivity index (χ0n) is 2.71. The Morgan fingerprint density at radius 2 is 1.67 bits per heavy atom. The summed E-state index contributed by atoms with van der Waals surface area (Å²) in [5.41, 5.74) is 0. The Hall–Kier alpha value is 1.29. The van der Waals surface area contributed by atoms with E-state index in [1.54, 1.807) is 0 Å². The van der Waals surface area contributed by atoms with Gasteiger partial charge in [-0.2, -0.15) is 0 Å². The van der Waals surface area contributed by atoms with Crippen molar-refractivity contribution in [3.05, 3.63) is 0 Å². The maximum absolute atomic E-state index is 9.15. The van der Waals surface area contributed by atoms with Gasteiger partial charge in [0, 0.05) is 0 Å². The van der Waals surface area contributed by atoms with Gasteiger partial charge in [-0.05, 0) is 0 Å². The zero-order valence-corrected chi connectivity index (χ0v) is 10.1. The standard InChI is InChI=1S/Bi.HO2SiTe.O.H/c;1-3-4-2;;/h;3H;;/q;+1;;. The first-order valence-corrected chi connectivity index (χ1v) is 8.36. The van der Waals surface area contributed by atoms with E-state index in [1.807, 2.05) is 0 Å². The van der Waals surface area contributed by atoms with E-state index in [1.165, 1.54) is 0 Å². The molecule has 0 heterocycles. The molecule has 0 rings (SSSR count). The van der Waals surface area contributed by atoms with Crippen LogP contribution in [0.1, 0.15) is 0 Å². The molecule has 0 amide bonds. The number of hydrogen-bond acceptors (Lipinski definition) is 3. The van der Waals surface area contributed by atoms with Gasteiger partial charge in [0.15, 0.2) is 0 Å². The molecule has 0 fully saturated rings. The van der Waals surface area contributed by atoms with E-state index < -0.39 is 27.1 Å². The molecular formula is H2BiO3SiTe+. The Kier molecular flexibility index (Phi) is 27.9. The van der Waals surface area contributed by atoms with Crippen LogP contribution in [-0.2, 0) is 10.4 Å². The van der Waals surface area contributed by atoms with E-state index in [0.717, 1.165) is 0 Å². The van der Waals surface area contributed by atoms with Gasteiger partial charge in [0.05, 0.1) is 0 Å². The van der Waals surface area contributed by atoms with Crippen molar-refractivity contribution in [2.45, 2.75) is 0 Å². The second-order valence-corrected chi connectivity index (χ2v) is 3.87. The summed E-state index contributed by atoms with van der Waals surface area (Å²) in [4.78, 5) is 0. The van der Waals surface area contributed by atoms with E-state index >= 15 is 0 Å². The molecule has 0 saturated heterocycles. The summed E-state index contributed by atoms with van der Waals surface area (Å²) < 4.78 is 26.7. The molecule has 34 valence electrons. The molecule has 0 unspecified atom stereocenters. The Balaban J connectivity index is 0.